The molecule has 4 N–H and O–H groups in total. The van der Waals surface area contributed by atoms with Gasteiger partial charge in [0, 0.05) is 18.0 Å². The summed E-state index contributed by atoms with van der Waals surface area (Å²) >= 11 is 5.92. The molecule has 0 bridgehead atoms. The number of benzene rings is 2. The number of sulfonamides is 1. The van der Waals surface area contributed by atoms with Crippen LogP contribution >= 0.6 is 11.6 Å². The average Bonchev–Trinajstić information content (AvgIpc) is 2.65. The summed E-state index contributed by atoms with van der Waals surface area (Å²) in [7, 11) is -3.78. The summed E-state index contributed by atoms with van der Waals surface area (Å²) in [6.07, 6.45) is -0.210. The molecule has 8 nitrogen and oxygen atoms in total. The van der Waals surface area contributed by atoms with E-state index in [4.69, 9.17) is 21.2 Å². The van der Waals surface area contributed by atoms with E-state index in [1.807, 2.05) is 0 Å². The summed E-state index contributed by atoms with van der Waals surface area (Å²) < 4.78 is 27.7. The Balaban J connectivity index is 1.76. The molecule has 1 heterocycles. The van der Waals surface area contributed by atoms with Crippen molar-refractivity contribution in [1.29, 1.82) is 0 Å². The molecule has 1 amide bonds. The molecule has 0 fully saturated rings. The molecule has 0 unspecified atom stereocenters. The van der Waals surface area contributed by atoms with Crippen LogP contribution in [0.4, 0.5) is 0 Å². The van der Waals surface area contributed by atoms with Crippen LogP contribution in [0.1, 0.15) is 16.7 Å². The SMILES string of the molecule is Cc1c(CC(=O)NCc2ccc(S(N)(=O)=O)cc2)c(=O)oc2cc(O)c(Cl)cc12. The normalized spacial score (nSPS) is 11.6. The Morgan fingerprint density at radius 1 is 1.24 bits per heavy atom. The van der Waals surface area contributed by atoms with Crippen molar-refractivity contribution in [1.82, 2.24) is 5.32 Å². The van der Waals surface area contributed by atoms with Crippen molar-refractivity contribution in [2.75, 3.05) is 0 Å². The number of carbonyl (C=O) groups excluding carboxylic acids is 1. The second-order valence-electron chi connectivity index (χ2n) is 6.44. The van der Waals surface area contributed by atoms with E-state index in [1.54, 1.807) is 6.92 Å². The summed E-state index contributed by atoms with van der Waals surface area (Å²) in [5.41, 5.74) is 0.875. The molecular weight excluding hydrogens is 420 g/mol. The maximum absolute atomic E-state index is 12.3. The topological polar surface area (TPSA) is 140 Å². The molecule has 2 aromatic carbocycles. The first-order chi connectivity index (χ1) is 13.6. The van der Waals surface area contributed by atoms with E-state index >= 15 is 0 Å². The summed E-state index contributed by atoms with van der Waals surface area (Å²) in [4.78, 5) is 24.5. The minimum atomic E-state index is -3.78. The molecule has 0 aliphatic carbocycles. The molecule has 0 aliphatic heterocycles. The Labute approximate surface area is 171 Å². The van der Waals surface area contributed by atoms with Gasteiger partial charge in [0.1, 0.15) is 11.3 Å². The maximum Gasteiger partial charge on any atom is 0.340 e. The van der Waals surface area contributed by atoms with Crippen molar-refractivity contribution in [3.8, 4) is 5.75 Å². The molecule has 0 atom stereocenters. The number of nitrogens with two attached hydrogens (primary N) is 1. The van der Waals surface area contributed by atoms with Gasteiger partial charge in [0.2, 0.25) is 15.9 Å². The van der Waals surface area contributed by atoms with E-state index in [1.165, 1.54) is 36.4 Å². The fourth-order valence-corrected chi connectivity index (χ4v) is 3.50. The van der Waals surface area contributed by atoms with Gasteiger partial charge in [-0.05, 0) is 36.2 Å². The molecule has 1 aromatic heterocycles. The first kappa shape index (κ1) is 20.8. The molecule has 29 heavy (non-hydrogen) atoms. The van der Waals surface area contributed by atoms with Crippen LogP contribution in [-0.4, -0.2) is 19.4 Å². The minimum Gasteiger partial charge on any atom is -0.506 e. The predicted octanol–water partition coefficient (Wildman–Crippen LogP) is 1.97. The zero-order valence-corrected chi connectivity index (χ0v) is 16.8. The van der Waals surface area contributed by atoms with Crippen LogP contribution < -0.4 is 16.1 Å². The van der Waals surface area contributed by atoms with Gasteiger partial charge in [0.25, 0.3) is 0 Å². The molecule has 0 saturated heterocycles. The fraction of sp³-hybridized carbons (Fsp3) is 0.158. The number of nitrogens with one attached hydrogen (secondary N) is 1. The monoisotopic (exact) mass is 436 g/mol. The van der Waals surface area contributed by atoms with Gasteiger partial charge in [-0.1, -0.05) is 23.7 Å². The summed E-state index contributed by atoms with van der Waals surface area (Å²) in [5.74, 6) is -0.624. The third kappa shape index (κ3) is 4.58. The number of phenolic OH excluding ortho intramolecular Hbond substituents is 1. The van der Waals surface area contributed by atoms with Crippen LogP contribution in [0.3, 0.4) is 0 Å². The lowest BCUT2D eigenvalue weighted by molar-refractivity contribution is -0.120. The van der Waals surface area contributed by atoms with Crippen LogP contribution in [0.2, 0.25) is 5.02 Å². The third-order valence-corrected chi connectivity index (χ3v) is 5.67. The quantitative estimate of drug-likeness (QED) is 0.522. The number of hydrogen-bond acceptors (Lipinski definition) is 6. The molecule has 3 aromatic rings. The Kier molecular flexibility index (Phi) is 5.65. The van der Waals surface area contributed by atoms with E-state index < -0.39 is 21.6 Å². The Morgan fingerprint density at radius 2 is 1.90 bits per heavy atom. The average molecular weight is 437 g/mol. The third-order valence-electron chi connectivity index (χ3n) is 4.43. The second-order valence-corrected chi connectivity index (χ2v) is 8.40. The maximum atomic E-state index is 12.3. The Bertz CT molecular complexity index is 1270. The molecule has 3 rings (SSSR count). The molecular formula is C19H17ClN2O6S. The second kappa shape index (κ2) is 7.86. The number of primary sulfonamides is 1. The lowest BCUT2D eigenvalue weighted by Gasteiger charge is -2.10. The standard InChI is InChI=1S/C19H17ClN2O6S/c1-10-13-6-15(20)16(23)8-17(13)28-19(25)14(10)7-18(24)22-9-11-2-4-12(5-3-11)29(21,26)27/h2-6,8,23H,7,9H2,1H3,(H,22,24)(H2,21,26,27). The van der Waals surface area contributed by atoms with Gasteiger partial charge in [-0.2, -0.15) is 0 Å². The number of aryl methyl sites for hydroxylation is 1. The predicted molar refractivity (Wildman–Crippen MR) is 107 cm³/mol. The number of rotatable bonds is 5. The van der Waals surface area contributed by atoms with E-state index in [2.05, 4.69) is 5.32 Å². The van der Waals surface area contributed by atoms with Crippen molar-refractivity contribution in [3.63, 3.8) is 0 Å². The summed E-state index contributed by atoms with van der Waals surface area (Å²) in [6.45, 7) is 1.81. The van der Waals surface area contributed by atoms with Gasteiger partial charge in [0.15, 0.2) is 0 Å². The molecule has 0 spiro atoms. The lowest BCUT2D eigenvalue weighted by atomic mass is 10.0. The first-order valence-electron chi connectivity index (χ1n) is 8.39. The van der Waals surface area contributed by atoms with Crippen LogP contribution in [0, 0.1) is 6.92 Å². The van der Waals surface area contributed by atoms with E-state index in [-0.39, 0.29) is 39.8 Å². The lowest BCUT2D eigenvalue weighted by Crippen LogP contribution is -2.27. The number of carbonyl (C=O) groups is 1. The van der Waals surface area contributed by atoms with Crippen molar-refractivity contribution in [2.24, 2.45) is 5.14 Å². The highest BCUT2D eigenvalue weighted by molar-refractivity contribution is 7.89. The first-order valence-corrected chi connectivity index (χ1v) is 10.3. The van der Waals surface area contributed by atoms with Crippen molar-refractivity contribution >= 4 is 38.5 Å². The molecule has 0 aliphatic rings. The highest BCUT2D eigenvalue weighted by Crippen LogP contribution is 2.30. The summed E-state index contributed by atoms with van der Waals surface area (Å²) in [6, 6.07) is 8.48. The molecule has 0 radical (unpaired) electrons. The number of amides is 1. The molecule has 10 heteroatoms. The Morgan fingerprint density at radius 3 is 2.52 bits per heavy atom. The number of halogens is 1. The number of fused-ring (bicyclic) bond motifs is 1. The highest BCUT2D eigenvalue weighted by Gasteiger charge is 2.16. The number of phenols is 1. The van der Waals surface area contributed by atoms with Crippen LogP contribution in [0.15, 0.2) is 50.5 Å². The van der Waals surface area contributed by atoms with E-state index in [0.717, 1.165) is 0 Å². The van der Waals surface area contributed by atoms with Gasteiger partial charge in [-0.3, -0.25) is 4.79 Å². The zero-order chi connectivity index (χ0) is 21.3. The van der Waals surface area contributed by atoms with Gasteiger partial charge in [-0.15, -0.1) is 0 Å². The van der Waals surface area contributed by atoms with Gasteiger partial charge < -0.3 is 14.8 Å². The molecule has 0 saturated carbocycles. The van der Waals surface area contributed by atoms with Crippen molar-refractivity contribution in [2.45, 2.75) is 24.8 Å². The Hall–Kier alpha value is -2.88. The smallest absolute Gasteiger partial charge is 0.340 e. The van der Waals surface area contributed by atoms with Gasteiger partial charge >= 0.3 is 5.63 Å². The number of aromatic hydroxyl groups is 1. The van der Waals surface area contributed by atoms with Gasteiger partial charge in [0.05, 0.1) is 21.9 Å². The van der Waals surface area contributed by atoms with Crippen LogP contribution in [0.25, 0.3) is 11.0 Å². The van der Waals surface area contributed by atoms with Crippen LogP contribution in [-0.2, 0) is 27.8 Å². The van der Waals surface area contributed by atoms with E-state index in [0.29, 0.717) is 16.5 Å². The zero-order valence-electron chi connectivity index (χ0n) is 15.2. The fourth-order valence-electron chi connectivity index (χ4n) is 2.82. The highest BCUT2D eigenvalue weighted by atomic mass is 35.5. The van der Waals surface area contributed by atoms with Gasteiger partial charge in [-0.25, -0.2) is 18.4 Å². The van der Waals surface area contributed by atoms with Crippen molar-refractivity contribution < 1.29 is 22.7 Å². The largest absolute Gasteiger partial charge is 0.506 e. The number of hydrogen-bond donors (Lipinski definition) is 3. The van der Waals surface area contributed by atoms with E-state index in [9.17, 15) is 23.1 Å². The molecule has 152 valence electrons. The van der Waals surface area contributed by atoms with Crippen molar-refractivity contribution in [3.05, 3.63) is 68.5 Å². The summed E-state index contributed by atoms with van der Waals surface area (Å²) in [5, 5.41) is 18.0. The van der Waals surface area contributed by atoms with Crippen LogP contribution in [0.5, 0.6) is 5.75 Å². The minimum absolute atomic E-state index is 0.0262.